The van der Waals surface area contributed by atoms with Crippen LogP contribution in [0.1, 0.15) is 0 Å². The highest BCUT2D eigenvalue weighted by Crippen LogP contribution is 2.21. The molecule has 2 aromatic rings. The number of nitrogens with one attached hydrogen (secondary N) is 1. The normalized spacial score (nSPS) is 9.88. The third-order valence-electron chi connectivity index (χ3n) is 2.18. The largest absolute Gasteiger partial charge is 0.497 e. The van der Waals surface area contributed by atoms with E-state index >= 15 is 0 Å². The fourth-order valence-electron chi connectivity index (χ4n) is 1.35. The van der Waals surface area contributed by atoms with Crippen molar-refractivity contribution in [2.75, 3.05) is 12.5 Å². The first-order valence-electron chi connectivity index (χ1n) is 4.78. The van der Waals surface area contributed by atoms with Crippen LogP contribution in [0.5, 0.6) is 5.75 Å². The molecule has 0 aliphatic rings. The summed E-state index contributed by atoms with van der Waals surface area (Å²) in [6.07, 6.45) is 0. The molecule has 0 radical (unpaired) electrons. The molecule has 82 valence electrons. The summed E-state index contributed by atoms with van der Waals surface area (Å²) in [6, 6.07) is 11.2. The fraction of sp³-hybridized carbons (Fsp3) is 0.0909. The molecule has 0 amide bonds. The summed E-state index contributed by atoms with van der Waals surface area (Å²) in [5.41, 5.74) is 4.16. The third kappa shape index (κ3) is 2.09. The first kappa shape index (κ1) is 10.4. The van der Waals surface area contributed by atoms with Gasteiger partial charge in [-0.05, 0) is 24.3 Å². The minimum absolute atomic E-state index is 0.534. The Hall–Kier alpha value is -2.14. The van der Waals surface area contributed by atoms with E-state index in [0.29, 0.717) is 5.82 Å². The van der Waals surface area contributed by atoms with Gasteiger partial charge in [-0.15, -0.1) is 10.2 Å². The van der Waals surface area contributed by atoms with E-state index in [-0.39, 0.29) is 0 Å². The maximum absolute atomic E-state index is 5.21. The highest BCUT2D eigenvalue weighted by atomic mass is 16.5. The predicted molar refractivity (Wildman–Crippen MR) is 61.8 cm³/mol. The Kier molecular flexibility index (Phi) is 2.98. The third-order valence-corrected chi connectivity index (χ3v) is 2.18. The van der Waals surface area contributed by atoms with Crippen molar-refractivity contribution >= 4 is 5.82 Å². The van der Waals surface area contributed by atoms with Crippen molar-refractivity contribution in [1.82, 2.24) is 10.2 Å². The molecule has 1 aromatic carbocycles. The number of nitrogens with two attached hydrogens (primary N) is 1. The van der Waals surface area contributed by atoms with Gasteiger partial charge in [0.15, 0.2) is 5.82 Å². The molecule has 1 aromatic heterocycles. The lowest BCUT2D eigenvalue weighted by atomic mass is 10.1. The van der Waals surface area contributed by atoms with Crippen LogP contribution in [0.4, 0.5) is 5.82 Å². The monoisotopic (exact) mass is 216 g/mol. The first-order chi connectivity index (χ1) is 7.83. The maximum atomic E-state index is 5.21. The molecular weight excluding hydrogens is 204 g/mol. The number of benzene rings is 1. The van der Waals surface area contributed by atoms with Gasteiger partial charge in [0.2, 0.25) is 0 Å². The highest BCUT2D eigenvalue weighted by Gasteiger charge is 2.01. The topological polar surface area (TPSA) is 73.1 Å². The van der Waals surface area contributed by atoms with Gasteiger partial charge in [0, 0.05) is 5.56 Å². The number of rotatable bonds is 3. The summed E-state index contributed by atoms with van der Waals surface area (Å²) in [5, 5.41) is 7.95. The number of hydrogen-bond acceptors (Lipinski definition) is 5. The second-order valence-electron chi connectivity index (χ2n) is 3.18. The molecule has 0 aliphatic heterocycles. The van der Waals surface area contributed by atoms with Crippen LogP contribution in [0.15, 0.2) is 36.4 Å². The van der Waals surface area contributed by atoms with E-state index in [1.807, 2.05) is 30.3 Å². The van der Waals surface area contributed by atoms with Gasteiger partial charge in [0.25, 0.3) is 0 Å². The molecule has 5 heteroatoms. The van der Waals surface area contributed by atoms with E-state index in [1.54, 1.807) is 13.2 Å². The van der Waals surface area contributed by atoms with Crippen LogP contribution in [0.25, 0.3) is 11.3 Å². The average Bonchev–Trinajstić information content (AvgIpc) is 2.39. The van der Waals surface area contributed by atoms with Crippen molar-refractivity contribution in [2.24, 2.45) is 5.84 Å². The molecule has 2 rings (SSSR count). The molecule has 0 aliphatic carbocycles. The molecule has 0 saturated carbocycles. The second-order valence-corrected chi connectivity index (χ2v) is 3.18. The molecule has 0 fully saturated rings. The zero-order valence-corrected chi connectivity index (χ0v) is 8.84. The van der Waals surface area contributed by atoms with Crippen molar-refractivity contribution < 1.29 is 4.74 Å². The number of ether oxygens (including phenoxy) is 1. The van der Waals surface area contributed by atoms with E-state index in [1.165, 1.54) is 0 Å². The summed E-state index contributed by atoms with van der Waals surface area (Å²) in [5.74, 6) is 6.54. The predicted octanol–water partition coefficient (Wildman–Crippen LogP) is 1.44. The van der Waals surface area contributed by atoms with Gasteiger partial charge in [-0.1, -0.05) is 12.1 Å². The molecule has 0 spiro atoms. The number of methoxy groups -OCH3 is 1. The number of nitrogen functional groups attached to an aromatic ring is 1. The van der Waals surface area contributed by atoms with Crippen LogP contribution >= 0.6 is 0 Å². The van der Waals surface area contributed by atoms with Crippen molar-refractivity contribution in [2.45, 2.75) is 0 Å². The van der Waals surface area contributed by atoms with E-state index in [9.17, 15) is 0 Å². The van der Waals surface area contributed by atoms with Crippen LogP contribution < -0.4 is 16.0 Å². The summed E-state index contributed by atoms with van der Waals surface area (Å²) < 4.78 is 5.14. The Morgan fingerprint density at radius 2 is 2.06 bits per heavy atom. The molecule has 1 heterocycles. The van der Waals surface area contributed by atoms with Crippen LogP contribution in [0.3, 0.4) is 0 Å². The number of nitrogens with zero attached hydrogens (tertiary/aromatic N) is 2. The Morgan fingerprint density at radius 1 is 1.19 bits per heavy atom. The summed E-state index contributed by atoms with van der Waals surface area (Å²) in [7, 11) is 1.63. The van der Waals surface area contributed by atoms with Crippen LogP contribution in [-0.2, 0) is 0 Å². The smallest absolute Gasteiger partial charge is 0.162 e. The van der Waals surface area contributed by atoms with E-state index in [2.05, 4.69) is 15.6 Å². The molecule has 0 atom stereocenters. The van der Waals surface area contributed by atoms with Gasteiger partial charge in [-0.3, -0.25) is 0 Å². The molecule has 3 N–H and O–H groups in total. The van der Waals surface area contributed by atoms with Gasteiger partial charge < -0.3 is 10.2 Å². The number of aromatic nitrogens is 2. The van der Waals surface area contributed by atoms with Crippen LogP contribution in [0.2, 0.25) is 0 Å². The van der Waals surface area contributed by atoms with E-state index < -0.39 is 0 Å². The van der Waals surface area contributed by atoms with Gasteiger partial charge in [-0.25, -0.2) is 5.84 Å². The minimum atomic E-state index is 0.534. The fourth-order valence-corrected chi connectivity index (χ4v) is 1.35. The highest BCUT2D eigenvalue weighted by molar-refractivity contribution is 5.61. The van der Waals surface area contributed by atoms with Crippen molar-refractivity contribution in [3.8, 4) is 17.0 Å². The van der Waals surface area contributed by atoms with Gasteiger partial charge in [-0.2, -0.15) is 0 Å². The summed E-state index contributed by atoms with van der Waals surface area (Å²) in [4.78, 5) is 0. The Bertz CT molecular complexity index is 470. The molecule has 5 nitrogen and oxygen atoms in total. The lowest BCUT2D eigenvalue weighted by molar-refractivity contribution is 0.415. The molecule has 16 heavy (non-hydrogen) atoms. The SMILES string of the molecule is COc1cccc(-c2ccc(NN)nn2)c1. The zero-order valence-electron chi connectivity index (χ0n) is 8.84. The summed E-state index contributed by atoms with van der Waals surface area (Å²) >= 11 is 0. The lowest BCUT2D eigenvalue weighted by Gasteiger charge is -2.04. The van der Waals surface area contributed by atoms with Gasteiger partial charge in [0.1, 0.15) is 5.75 Å². The lowest BCUT2D eigenvalue weighted by Crippen LogP contribution is -2.08. The zero-order chi connectivity index (χ0) is 11.4. The molecule has 0 unspecified atom stereocenters. The standard InChI is InChI=1S/C11H12N4O/c1-16-9-4-2-3-8(7-9)10-5-6-11(13-12)15-14-10/h2-7H,12H2,1H3,(H,13,15). The van der Waals surface area contributed by atoms with Gasteiger partial charge >= 0.3 is 0 Å². The first-order valence-corrected chi connectivity index (χ1v) is 4.78. The molecule has 0 saturated heterocycles. The van der Waals surface area contributed by atoms with Crippen LogP contribution in [-0.4, -0.2) is 17.3 Å². The Morgan fingerprint density at radius 3 is 2.69 bits per heavy atom. The van der Waals surface area contributed by atoms with E-state index in [4.69, 9.17) is 10.6 Å². The Labute approximate surface area is 93.2 Å². The summed E-state index contributed by atoms with van der Waals surface area (Å²) in [6.45, 7) is 0. The van der Waals surface area contributed by atoms with Crippen molar-refractivity contribution in [1.29, 1.82) is 0 Å². The maximum Gasteiger partial charge on any atom is 0.162 e. The quantitative estimate of drug-likeness (QED) is 0.600. The second kappa shape index (κ2) is 4.59. The Balaban J connectivity index is 2.34. The molecule has 0 bridgehead atoms. The van der Waals surface area contributed by atoms with Crippen molar-refractivity contribution in [3.05, 3.63) is 36.4 Å². The van der Waals surface area contributed by atoms with Gasteiger partial charge in [0.05, 0.1) is 12.8 Å². The van der Waals surface area contributed by atoms with E-state index in [0.717, 1.165) is 17.0 Å². The number of hydrazine groups is 1. The molecular formula is C11H12N4O. The average molecular weight is 216 g/mol. The number of anilines is 1. The van der Waals surface area contributed by atoms with Crippen LogP contribution in [0, 0.1) is 0 Å². The number of hydrogen-bond donors (Lipinski definition) is 2. The van der Waals surface area contributed by atoms with Crippen molar-refractivity contribution in [3.63, 3.8) is 0 Å². The minimum Gasteiger partial charge on any atom is -0.497 e.